The van der Waals surface area contributed by atoms with E-state index in [9.17, 15) is 8.78 Å². The minimum atomic E-state index is -0.637. The monoisotopic (exact) mass is 289 g/mol. The molecule has 0 aliphatic carbocycles. The molecule has 2 nitrogen and oxygen atoms in total. The van der Waals surface area contributed by atoms with Crippen molar-refractivity contribution in [2.24, 2.45) is 5.92 Å². The SMILES string of the molecule is CSCCOc1c(F)cc(CNCC(C)C)cc1F. The molecule has 108 valence electrons. The number of benzene rings is 1. The molecule has 0 heterocycles. The van der Waals surface area contributed by atoms with Gasteiger partial charge in [-0.3, -0.25) is 0 Å². The molecular weight excluding hydrogens is 268 g/mol. The Bertz CT molecular complexity index is 376. The number of thioether (sulfide) groups is 1. The highest BCUT2D eigenvalue weighted by Crippen LogP contribution is 2.23. The Morgan fingerprint density at radius 2 is 1.89 bits per heavy atom. The van der Waals surface area contributed by atoms with Crippen LogP contribution in [0.3, 0.4) is 0 Å². The van der Waals surface area contributed by atoms with Gasteiger partial charge >= 0.3 is 0 Å². The number of rotatable bonds is 8. The quantitative estimate of drug-likeness (QED) is 0.741. The predicted octanol–water partition coefficient (Wildman–Crippen LogP) is 3.45. The molecule has 0 aliphatic rings. The van der Waals surface area contributed by atoms with Crippen molar-refractivity contribution in [2.45, 2.75) is 20.4 Å². The first-order valence-corrected chi connectivity index (χ1v) is 7.74. The third-order valence-corrected chi connectivity index (χ3v) is 3.05. The van der Waals surface area contributed by atoms with E-state index in [2.05, 4.69) is 19.2 Å². The Morgan fingerprint density at radius 3 is 2.42 bits per heavy atom. The zero-order chi connectivity index (χ0) is 14.3. The fourth-order valence-electron chi connectivity index (χ4n) is 1.58. The number of nitrogens with one attached hydrogen (secondary N) is 1. The Balaban J connectivity index is 2.62. The topological polar surface area (TPSA) is 21.3 Å². The first-order valence-electron chi connectivity index (χ1n) is 6.35. The van der Waals surface area contributed by atoms with Crippen LogP contribution in [-0.4, -0.2) is 25.2 Å². The van der Waals surface area contributed by atoms with E-state index >= 15 is 0 Å². The molecule has 0 atom stereocenters. The van der Waals surface area contributed by atoms with E-state index in [1.54, 1.807) is 11.8 Å². The summed E-state index contributed by atoms with van der Waals surface area (Å²) in [5, 5.41) is 3.15. The molecule has 0 fully saturated rings. The summed E-state index contributed by atoms with van der Waals surface area (Å²) >= 11 is 1.57. The highest BCUT2D eigenvalue weighted by molar-refractivity contribution is 7.98. The summed E-state index contributed by atoms with van der Waals surface area (Å²) in [5.41, 5.74) is 0.591. The van der Waals surface area contributed by atoms with Crippen molar-refractivity contribution in [2.75, 3.05) is 25.2 Å². The molecule has 0 radical (unpaired) electrons. The van der Waals surface area contributed by atoms with Gasteiger partial charge in [-0.05, 0) is 36.4 Å². The van der Waals surface area contributed by atoms with E-state index in [0.29, 0.717) is 30.4 Å². The molecule has 1 N–H and O–H groups in total. The van der Waals surface area contributed by atoms with Crippen LogP contribution in [0.1, 0.15) is 19.4 Å². The summed E-state index contributed by atoms with van der Waals surface area (Å²) in [6.45, 7) is 5.74. The van der Waals surface area contributed by atoms with Crippen molar-refractivity contribution in [3.63, 3.8) is 0 Å². The minimum Gasteiger partial charge on any atom is -0.487 e. The van der Waals surface area contributed by atoms with Crippen LogP contribution >= 0.6 is 11.8 Å². The summed E-state index contributed by atoms with van der Waals surface area (Å²) in [7, 11) is 0. The standard InChI is InChI=1S/C14H21F2NOS/c1-10(2)8-17-9-11-6-12(15)14(13(16)7-11)18-4-5-19-3/h6-7,10,17H,4-5,8-9H2,1-3H3. The molecule has 0 saturated carbocycles. The molecule has 19 heavy (non-hydrogen) atoms. The van der Waals surface area contributed by atoms with Crippen molar-refractivity contribution in [1.82, 2.24) is 5.32 Å². The van der Waals surface area contributed by atoms with E-state index in [1.165, 1.54) is 12.1 Å². The van der Waals surface area contributed by atoms with Gasteiger partial charge in [-0.15, -0.1) is 0 Å². The molecule has 5 heteroatoms. The second kappa shape index (κ2) is 8.38. The van der Waals surface area contributed by atoms with Gasteiger partial charge in [-0.2, -0.15) is 11.8 Å². The number of hydrogen-bond acceptors (Lipinski definition) is 3. The lowest BCUT2D eigenvalue weighted by Gasteiger charge is -2.11. The van der Waals surface area contributed by atoms with Crippen molar-refractivity contribution >= 4 is 11.8 Å². The van der Waals surface area contributed by atoms with Gasteiger partial charge in [0.05, 0.1) is 6.61 Å². The predicted molar refractivity (Wildman–Crippen MR) is 76.8 cm³/mol. The molecule has 0 aromatic heterocycles. The lowest BCUT2D eigenvalue weighted by molar-refractivity contribution is 0.305. The van der Waals surface area contributed by atoms with Gasteiger partial charge in [0.15, 0.2) is 17.4 Å². The number of halogens is 2. The van der Waals surface area contributed by atoms with Crippen molar-refractivity contribution in [1.29, 1.82) is 0 Å². The third-order valence-electron chi connectivity index (χ3n) is 2.47. The zero-order valence-corrected chi connectivity index (χ0v) is 12.4. The van der Waals surface area contributed by atoms with Gasteiger partial charge in [-0.1, -0.05) is 13.8 Å². The molecule has 0 unspecified atom stereocenters. The molecule has 1 aromatic carbocycles. The highest BCUT2D eigenvalue weighted by atomic mass is 32.2. The van der Waals surface area contributed by atoms with Gasteiger partial charge in [0, 0.05) is 12.3 Å². The van der Waals surface area contributed by atoms with Gasteiger partial charge in [0.2, 0.25) is 0 Å². The zero-order valence-electron chi connectivity index (χ0n) is 11.6. The average Bonchev–Trinajstić information content (AvgIpc) is 2.32. The van der Waals surface area contributed by atoms with Gasteiger partial charge < -0.3 is 10.1 Å². The van der Waals surface area contributed by atoms with Crippen molar-refractivity contribution in [3.8, 4) is 5.75 Å². The van der Waals surface area contributed by atoms with Crippen LogP contribution in [0.25, 0.3) is 0 Å². The Hall–Kier alpha value is -0.810. The van der Waals surface area contributed by atoms with Crippen LogP contribution in [0.4, 0.5) is 8.78 Å². The summed E-state index contributed by atoms with van der Waals surface area (Å²) in [5.74, 6) is -0.341. The summed E-state index contributed by atoms with van der Waals surface area (Å²) < 4.78 is 32.6. The largest absolute Gasteiger partial charge is 0.487 e. The fourth-order valence-corrected chi connectivity index (χ4v) is 1.83. The smallest absolute Gasteiger partial charge is 0.190 e. The lowest BCUT2D eigenvalue weighted by Crippen LogP contribution is -2.19. The fraction of sp³-hybridized carbons (Fsp3) is 0.571. The van der Waals surface area contributed by atoms with E-state index in [1.807, 2.05) is 6.26 Å². The van der Waals surface area contributed by atoms with Gasteiger partial charge in [0.25, 0.3) is 0 Å². The van der Waals surface area contributed by atoms with Crippen LogP contribution in [0.5, 0.6) is 5.75 Å². The van der Waals surface area contributed by atoms with Gasteiger partial charge in [0.1, 0.15) is 0 Å². The van der Waals surface area contributed by atoms with Crippen LogP contribution in [0.2, 0.25) is 0 Å². The molecule has 1 rings (SSSR count). The normalized spacial score (nSPS) is 11.1. The maximum atomic E-state index is 13.7. The molecule has 0 aliphatic heterocycles. The van der Waals surface area contributed by atoms with Crippen LogP contribution in [-0.2, 0) is 6.54 Å². The second-order valence-corrected chi connectivity index (χ2v) is 5.74. The van der Waals surface area contributed by atoms with Crippen molar-refractivity contribution in [3.05, 3.63) is 29.3 Å². The summed E-state index contributed by atoms with van der Waals surface area (Å²) in [6, 6.07) is 2.65. The van der Waals surface area contributed by atoms with Gasteiger partial charge in [-0.25, -0.2) is 8.78 Å². The molecule has 0 spiro atoms. The first-order chi connectivity index (χ1) is 9.04. The van der Waals surface area contributed by atoms with Crippen LogP contribution in [0, 0.1) is 17.6 Å². The lowest BCUT2D eigenvalue weighted by atomic mass is 10.1. The molecule has 0 saturated heterocycles. The third kappa shape index (κ3) is 5.78. The van der Waals surface area contributed by atoms with E-state index in [-0.39, 0.29) is 5.75 Å². The second-order valence-electron chi connectivity index (χ2n) is 4.75. The maximum Gasteiger partial charge on any atom is 0.190 e. The molecule has 0 amide bonds. The highest BCUT2D eigenvalue weighted by Gasteiger charge is 2.12. The molecular formula is C14H21F2NOS. The first kappa shape index (κ1) is 16.2. The number of hydrogen-bond donors (Lipinski definition) is 1. The maximum absolute atomic E-state index is 13.7. The minimum absolute atomic E-state index is 0.276. The van der Waals surface area contributed by atoms with Crippen LogP contribution < -0.4 is 10.1 Å². The van der Waals surface area contributed by atoms with E-state index < -0.39 is 11.6 Å². The Morgan fingerprint density at radius 1 is 1.26 bits per heavy atom. The van der Waals surface area contributed by atoms with Crippen LogP contribution in [0.15, 0.2) is 12.1 Å². The Labute approximate surface area is 117 Å². The number of ether oxygens (including phenoxy) is 1. The Kier molecular flexibility index (Phi) is 7.16. The van der Waals surface area contributed by atoms with E-state index in [0.717, 1.165) is 6.54 Å². The molecule has 0 bridgehead atoms. The summed E-state index contributed by atoms with van der Waals surface area (Å²) in [4.78, 5) is 0. The summed E-state index contributed by atoms with van der Waals surface area (Å²) in [6.07, 6.45) is 1.92. The molecule has 1 aromatic rings. The van der Waals surface area contributed by atoms with E-state index in [4.69, 9.17) is 4.74 Å². The van der Waals surface area contributed by atoms with Crippen molar-refractivity contribution < 1.29 is 13.5 Å². The average molecular weight is 289 g/mol.